The Bertz CT molecular complexity index is 829. The molecule has 0 unspecified atom stereocenters. The Kier molecular flexibility index (Phi) is 6.86. The molecule has 7 nitrogen and oxygen atoms in total. The van der Waals surface area contributed by atoms with E-state index in [1.165, 1.54) is 31.3 Å². The number of rotatable bonds is 6. The van der Waals surface area contributed by atoms with Crippen molar-refractivity contribution in [3.8, 4) is 11.5 Å². The van der Waals surface area contributed by atoms with Gasteiger partial charge in [-0.05, 0) is 31.0 Å². The first-order valence-corrected chi connectivity index (χ1v) is 10.2. The number of anilines is 1. The van der Waals surface area contributed by atoms with Gasteiger partial charge in [0, 0.05) is 24.0 Å². The fourth-order valence-corrected chi connectivity index (χ4v) is 3.88. The van der Waals surface area contributed by atoms with Gasteiger partial charge in [0.2, 0.25) is 5.91 Å². The summed E-state index contributed by atoms with van der Waals surface area (Å²) in [5.74, 6) is 0.853. The third-order valence-corrected chi connectivity index (χ3v) is 5.52. The minimum Gasteiger partial charge on any atom is -0.493 e. The van der Waals surface area contributed by atoms with E-state index in [1.807, 2.05) is 10.3 Å². The third-order valence-electron chi connectivity index (χ3n) is 4.71. The molecule has 1 saturated heterocycles. The number of hydrogen-bond acceptors (Lipinski definition) is 6. The zero-order valence-electron chi connectivity index (χ0n) is 16.2. The molecule has 0 radical (unpaired) electrons. The second-order valence-corrected chi connectivity index (χ2v) is 7.50. The molecule has 150 valence electrons. The molecule has 2 amide bonds. The van der Waals surface area contributed by atoms with Crippen molar-refractivity contribution < 1.29 is 19.1 Å². The highest BCUT2D eigenvalue weighted by Gasteiger charge is 2.18. The van der Waals surface area contributed by atoms with Crippen LogP contribution in [0.2, 0.25) is 0 Å². The Balaban J connectivity index is 1.61. The standard InChI is InChI=1S/C20H25N3O4S/c1-26-16-8-7-14(11-17(16)27-2)19(25)22-20-21-15(13-28-20)12-18(24)23-9-5-3-4-6-10-23/h7-8,11,13H,3-6,9-10,12H2,1-2H3,(H,21,22,25). The van der Waals surface area contributed by atoms with E-state index < -0.39 is 0 Å². The number of amides is 2. The van der Waals surface area contributed by atoms with Gasteiger partial charge in [-0.1, -0.05) is 12.8 Å². The van der Waals surface area contributed by atoms with Gasteiger partial charge in [-0.15, -0.1) is 11.3 Å². The van der Waals surface area contributed by atoms with Crippen molar-refractivity contribution in [1.29, 1.82) is 0 Å². The van der Waals surface area contributed by atoms with Gasteiger partial charge in [0.15, 0.2) is 16.6 Å². The normalized spacial score (nSPS) is 14.3. The zero-order valence-corrected chi connectivity index (χ0v) is 17.0. The molecule has 1 aromatic carbocycles. The number of benzene rings is 1. The van der Waals surface area contributed by atoms with Crippen molar-refractivity contribution in [2.45, 2.75) is 32.1 Å². The molecule has 1 fully saturated rings. The van der Waals surface area contributed by atoms with E-state index in [1.54, 1.807) is 25.3 Å². The van der Waals surface area contributed by atoms with Crippen LogP contribution in [0.25, 0.3) is 0 Å². The van der Waals surface area contributed by atoms with E-state index in [9.17, 15) is 9.59 Å². The van der Waals surface area contributed by atoms with Crippen LogP contribution in [0.1, 0.15) is 41.7 Å². The van der Waals surface area contributed by atoms with Gasteiger partial charge in [0.1, 0.15) is 0 Å². The second-order valence-electron chi connectivity index (χ2n) is 6.64. The molecule has 1 N–H and O–H groups in total. The molecule has 0 saturated carbocycles. The van der Waals surface area contributed by atoms with Crippen molar-refractivity contribution in [3.05, 3.63) is 34.8 Å². The number of likely N-dealkylation sites (tertiary alicyclic amines) is 1. The summed E-state index contributed by atoms with van der Waals surface area (Å²) < 4.78 is 10.4. The van der Waals surface area contributed by atoms with Crippen LogP contribution in [0.5, 0.6) is 11.5 Å². The number of methoxy groups -OCH3 is 2. The molecule has 3 rings (SSSR count). The number of thiazole rings is 1. The van der Waals surface area contributed by atoms with Crippen LogP contribution in [0.15, 0.2) is 23.6 Å². The zero-order chi connectivity index (χ0) is 19.9. The maximum absolute atomic E-state index is 12.5. The van der Waals surface area contributed by atoms with Crippen LogP contribution in [0.3, 0.4) is 0 Å². The van der Waals surface area contributed by atoms with E-state index >= 15 is 0 Å². The fourth-order valence-electron chi connectivity index (χ4n) is 3.18. The van der Waals surface area contributed by atoms with Crippen LogP contribution >= 0.6 is 11.3 Å². The highest BCUT2D eigenvalue weighted by atomic mass is 32.1. The van der Waals surface area contributed by atoms with E-state index in [4.69, 9.17) is 9.47 Å². The molecule has 2 heterocycles. The van der Waals surface area contributed by atoms with E-state index in [-0.39, 0.29) is 18.2 Å². The van der Waals surface area contributed by atoms with E-state index in [0.29, 0.717) is 27.9 Å². The smallest absolute Gasteiger partial charge is 0.257 e. The van der Waals surface area contributed by atoms with Crippen molar-refractivity contribution in [3.63, 3.8) is 0 Å². The summed E-state index contributed by atoms with van der Waals surface area (Å²) in [7, 11) is 3.07. The van der Waals surface area contributed by atoms with Gasteiger partial charge < -0.3 is 14.4 Å². The largest absolute Gasteiger partial charge is 0.493 e. The summed E-state index contributed by atoms with van der Waals surface area (Å²) in [5.41, 5.74) is 1.12. The Labute approximate surface area is 168 Å². The van der Waals surface area contributed by atoms with Crippen LogP contribution in [0.4, 0.5) is 5.13 Å². The quantitative estimate of drug-likeness (QED) is 0.800. The summed E-state index contributed by atoms with van der Waals surface area (Å²) >= 11 is 1.31. The van der Waals surface area contributed by atoms with Crippen LogP contribution in [-0.4, -0.2) is 49.0 Å². The molecule has 1 aliphatic heterocycles. The lowest BCUT2D eigenvalue weighted by Crippen LogP contribution is -2.33. The van der Waals surface area contributed by atoms with Crippen LogP contribution < -0.4 is 14.8 Å². The Morgan fingerprint density at radius 1 is 1.11 bits per heavy atom. The number of carbonyl (C=O) groups excluding carboxylic acids is 2. The topological polar surface area (TPSA) is 80.8 Å². The molecular weight excluding hydrogens is 378 g/mol. The summed E-state index contributed by atoms with van der Waals surface area (Å²) in [4.78, 5) is 31.3. The maximum Gasteiger partial charge on any atom is 0.257 e. The SMILES string of the molecule is COc1ccc(C(=O)Nc2nc(CC(=O)N3CCCCCC3)cs2)cc1OC. The summed E-state index contributed by atoms with van der Waals surface area (Å²) in [5, 5.41) is 5.07. The molecule has 1 aliphatic rings. The highest BCUT2D eigenvalue weighted by Crippen LogP contribution is 2.28. The molecule has 0 atom stereocenters. The molecule has 28 heavy (non-hydrogen) atoms. The van der Waals surface area contributed by atoms with Gasteiger partial charge in [-0.2, -0.15) is 0 Å². The number of nitrogens with one attached hydrogen (secondary N) is 1. The highest BCUT2D eigenvalue weighted by molar-refractivity contribution is 7.14. The lowest BCUT2D eigenvalue weighted by Gasteiger charge is -2.19. The molecule has 1 aromatic heterocycles. The van der Waals surface area contributed by atoms with Gasteiger partial charge >= 0.3 is 0 Å². The number of nitrogens with zero attached hydrogens (tertiary/aromatic N) is 2. The number of ether oxygens (including phenoxy) is 2. The molecule has 0 bridgehead atoms. The molecular formula is C20H25N3O4S. The summed E-state index contributed by atoms with van der Waals surface area (Å²) in [6, 6.07) is 4.96. The Morgan fingerprint density at radius 3 is 2.50 bits per heavy atom. The Hall–Kier alpha value is -2.61. The predicted octanol–water partition coefficient (Wildman–Crippen LogP) is 3.36. The third kappa shape index (κ3) is 5.01. The number of carbonyl (C=O) groups is 2. The molecule has 8 heteroatoms. The Morgan fingerprint density at radius 2 is 1.82 bits per heavy atom. The first kappa shape index (κ1) is 20.1. The first-order chi connectivity index (χ1) is 13.6. The van der Waals surface area contributed by atoms with Crippen molar-refractivity contribution in [2.75, 3.05) is 32.6 Å². The van der Waals surface area contributed by atoms with E-state index in [0.717, 1.165) is 25.9 Å². The van der Waals surface area contributed by atoms with Gasteiger partial charge in [0.05, 0.1) is 26.3 Å². The molecule has 2 aromatic rings. The first-order valence-electron chi connectivity index (χ1n) is 9.36. The van der Waals surface area contributed by atoms with Gasteiger partial charge in [0.25, 0.3) is 5.91 Å². The average molecular weight is 404 g/mol. The van der Waals surface area contributed by atoms with Crippen molar-refractivity contribution in [1.82, 2.24) is 9.88 Å². The minimum absolute atomic E-state index is 0.102. The van der Waals surface area contributed by atoms with Crippen LogP contribution in [0, 0.1) is 0 Å². The lowest BCUT2D eigenvalue weighted by molar-refractivity contribution is -0.130. The predicted molar refractivity (Wildman–Crippen MR) is 108 cm³/mol. The summed E-state index contributed by atoms with van der Waals surface area (Å²) in [6.45, 7) is 1.65. The fraction of sp³-hybridized carbons (Fsp3) is 0.450. The van der Waals surface area contributed by atoms with E-state index in [2.05, 4.69) is 10.3 Å². The van der Waals surface area contributed by atoms with Gasteiger partial charge in [-0.3, -0.25) is 14.9 Å². The average Bonchev–Trinajstić information content (AvgIpc) is 2.96. The summed E-state index contributed by atoms with van der Waals surface area (Å²) in [6.07, 6.45) is 4.77. The van der Waals surface area contributed by atoms with Crippen LogP contribution in [-0.2, 0) is 11.2 Å². The minimum atomic E-state index is -0.291. The maximum atomic E-state index is 12.5. The van der Waals surface area contributed by atoms with Gasteiger partial charge in [-0.25, -0.2) is 4.98 Å². The van der Waals surface area contributed by atoms with Crippen molar-refractivity contribution >= 4 is 28.3 Å². The number of hydrogen-bond donors (Lipinski definition) is 1. The second kappa shape index (κ2) is 9.54. The van der Waals surface area contributed by atoms with Crippen molar-refractivity contribution in [2.24, 2.45) is 0 Å². The molecule has 0 aliphatic carbocycles. The number of aromatic nitrogens is 1. The lowest BCUT2D eigenvalue weighted by atomic mass is 10.2. The monoisotopic (exact) mass is 403 g/mol. The molecule has 0 spiro atoms.